The largest absolute Gasteiger partial charge is 0.396 e. The van der Waals surface area contributed by atoms with Crippen LogP contribution in [0.1, 0.15) is 10.6 Å². The van der Waals surface area contributed by atoms with Crippen LogP contribution in [0, 0.1) is 12.7 Å². The molecule has 1 heterocycles. The molecule has 8 heteroatoms. The number of anilines is 1. The Kier molecular flexibility index (Phi) is 3.83. The second-order valence-electron chi connectivity index (χ2n) is 3.87. The van der Waals surface area contributed by atoms with Gasteiger partial charge in [0.25, 0.3) is 0 Å². The number of halogens is 1. The summed E-state index contributed by atoms with van der Waals surface area (Å²) in [5.41, 5.74) is 7.59. The highest BCUT2D eigenvalue weighted by Crippen LogP contribution is 2.18. The molecule has 5 nitrogen and oxygen atoms in total. The number of hydrogen-bond donors (Lipinski definition) is 2. The second kappa shape index (κ2) is 5.24. The van der Waals surface area contributed by atoms with Crippen LogP contribution >= 0.6 is 11.3 Å². The Morgan fingerprint density at radius 3 is 2.79 bits per heavy atom. The van der Waals surface area contributed by atoms with Gasteiger partial charge >= 0.3 is 0 Å². The standard InChI is InChI=1S/C11H12FN3O2S2/c1-7-11(18-6-14-7)5-15-19(16,17)8-2-3-9(12)10(13)4-8/h2-4,6,15H,5,13H2,1H3. The van der Waals surface area contributed by atoms with Gasteiger partial charge in [-0.25, -0.2) is 22.5 Å². The van der Waals surface area contributed by atoms with Gasteiger partial charge in [0.1, 0.15) is 5.82 Å². The number of aromatic nitrogens is 1. The first kappa shape index (κ1) is 13.9. The van der Waals surface area contributed by atoms with Crippen molar-refractivity contribution in [2.75, 3.05) is 5.73 Å². The predicted molar refractivity (Wildman–Crippen MR) is 71.7 cm³/mol. The highest BCUT2D eigenvalue weighted by molar-refractivity contribution is 7.89. The van der Waals surface area contributed by atoms with E-state index in [-0.39, 0.29) is 17.1 Å². The Morgan fingerprint density at radius 1 is 1.47 bits per heavy atom. The van der Waals surface area contributed by atoms with Gasteiger partial charge in [-0.2, -0.15) is 0 Å². The average molecular weight is 301 g/mol. The van der Waals surface area contributed by atoms with Crippen LogP contribution in [0.15, 0.2) is 28.6 Å². The van der Waals surface area contributed by atoms with Crippen molar-refractivity contribution in [2.45, 2.75) is 18.4 Å². The summed E-state index contributed by atoms with van der Waals surface area (Å²) in [5.74, 6) is -0.641. The van der Waals surface area contributed by atoms with Crippen LogP contribution < -0.4 is 10.5 Å². The second-order valence-corrected chi connectivity index (χ2v) is 6.58. The molecule has 0 unspecified atom stereocenters. The molecule has 2 aromatic rings. The fourth-order valence-corrected chi connectivity index (χ4v) is 3.27. The van der Waals surface area contributed by atoms with Crippen LogP contribution in [0.25, 0.3) is 0 Å². The molecule has 0 amide bonds. The van der Waals surface area contributed by atoms with Gasteiger partial charge in [0.05, 0.1) is 21.8 Å². The lowest BCUT2D eigenvalue weighted by Crippen LogP contribution is -2.23. The fourth-order valence-electron chi connectivity index (χ4n) is 1.43. The first-order valence-corrected chi connectivity index (χ1v) is 7.70. The van der Waals surface area contributed by atoms with Crippen LogP contribution in [0.4, 0.5) is 10.1 Å². The van der Waals surface area contributed by atoms with E-state index >= 15 is 0 Å². The minimum Gasteiger partial charge on any atom is -0.396 e. The van der Waals surface area contributed by atoms with Gasteiger partial charge in [0, 0.05) is 11.4 Å². The van der Waals surface area contributed by atoms with E-state index < -0.39 is 15.8 Å². The lowest BCUT2D eigenvalue weighted by Gasteiger charge is -2.07. The number of nitrogens with two attached hydrogens (primary N) is 1. The van der Waals surface area contributed by atoms with E-state index in [0.29, 0.717) is 0 Å². The normalized spacial score (nSPS) is 11.7. The van der Waals surface area contributed by atoms with Crippen molar-refractivity contribution in [3.05, 3.63) is 40.1 Å². The van der Waals surface area contributed by atoms with Gasteiger partial charge in [-0.15, -0.1) is 11.3 Å². The molecule has 0 spiro atoms. The number of nitrogens with zero attached hydrogens (tertiary/aromatic N) is 1. The van der Waals surface area contributed by atoms with Crippen LogP contribution in [0.2, 0.25) is 0 Å². The Balaban J connectivity index is 2.18. The Bertz CT molecular complexity index is 698. The molecular weight excluding hydrogens is 289 g/mol. The summed E-state index contributed by atoms with van der Waals surface area (Å²) in [7, 11) is -3.71. The molecule has 0 fully saturated rings. The SMILES string of the molecule is Cc1ncsc1CNS(=O)(=O)c1ccc(F)c(N)c1. The molecule has 0 saturated heterocycles. The number of aryl methyl sites for hydroxylation is 1. The minimum atomic E-state index is -3.71. The number of sulfonamides is 1. The third kappa shape index (κ3) is 3.09. The number of thiazole rings is 1. The smallest absolute Gasteiger partial charge is 0.240 e. The molecule has 0 aliphatic carbocycles. The van der Waals surface area contributed by atoms with Crippen molar-refractivity contribution >= 4 is 27.0 Å². The molecule has 3 N–H and O–H groups in total. The molecule has 0 aliphatic rings. The molecule has 1 aromatic heterocycles. The minimum absolute atomic E-state index is 0.0615. The Labute approximate surface area is 114 Å². The van der Waals surface area contributed by atoms with Crippen LogP contribution in [0.3, 0.4) is 0 Å². The van der Waals surface area contributed by atoms with E-state index in [4.69, 9.17) is 5.73 Å². The van der Waals surface area contributed by atoms with Gasteiger partial charge in [-0.3, -0.25) is 0 Å². The molecule has 0 aliphatic heterocycles. The molecule has 2 rings (SSSR count). The van der Waals surface area contributed by atoms with E-state index in [0.717, 1.165) is 22.7 Å². The first-order valence-electron chi connectivity index (χ1n) is 5.34. The van der Waals surface area contributed by atoms with Crippen molar-refractivity contribution < 1.29 is 12.8 Å². The van der Waals surface area contributed by atoms with Gasteiger partial charge < -0.3 is 5.73 Å². The number of hydrogen-bond acceptors (Lipinski definition) is 5. The van der Waals surface area contributed by atoms with E-state index in [1.165, 1.54) is 17.4 Å². The zero-order valence-corrected chi connectivity index (χ0v) is 11.7. The summed E-state index contributed by atoms with van der Waals surface area (Å²) >= 11 is 1.37. The van der Waals surface area contributed by atoms with Crippen molar-refractivity contribution in [1.82, 2.24) is 9.71 Å². The highest BCUT2D eigenvalue weighted by Gasteiger charge is 2.16. The van der Waals surface area contributed by atoms with Crippen molar-refractivity contribution in [3.8, 4) is 0 Å². The van der Waals surface area contributed by atoms with Crippen molar-refractivity contribution in [2.24, 2.45) is 0 Å². The monoisotopic (exact) mass is 301 g/mol. The number of nitrogen functional groups attached to an aromatic ring is 1. The summed E-state index contributed by atoms with van der Waals surface area (Å²) in [6.45, 7) is 1.95. The topological polar surface area (TPSA) is 85.1 Å². The number of benzene rings is 1. The zero-order chi connectivity index (χ0) is 14.0. The summed E-state index contributed by atoms with van der Waals surface area (Å²) in [6, 6.07) is 3.30. The number of rotatable bonds is 4. The van der Waals surface area contributed by atoms with E-state index in [9.17, 15) is 12.8 Å². The third-order valence-electron chi connectivity index (χ3n) is 2.55. The quantitative estimate of drug-likeness (QED) is 0.841. The van der Waals surface area contributed by atoms with Gasteiger partial charge in [0.2, 0.25) is 10.0 Å². The lowest BCUT2D eigenvalue weighted by atomic mass is 10.3. The molecule has 0 radical (unpaired) electrons. The fraction of sp³-hybridized carbons (Fsp3) is 0.182. The molecule has 0 atom stereocenters. The van der Waals surface area contributed by atoms with Gasteiger partial charge in [-0.05, 0) is 25.1 Å². The van der Waals surface area contributed by atoms with E-state index in [1.807, 2.05) is 0 Å². The van der Waals surface area contributed by atoms with Gasteiger partial charge in [0.15, 0.2) is 0 Å². The Morgan fingerprint density at radius 2 is 2.21 bits per heavy atom. The summed E-state index contributed by atoms with van der Waals surface area (Å²) in [4.78, 5) is 4.80. The van der Waals surface area contributed by atoms with Gasteiger partial charge in [-0.1, -0.05) is 0 Å². The van der Waals surface area contributed by atoms with Crippen molar-refractivity contribution in [3.63, 3.8) is 0 Å². The summed E-state index contributed by atoms with van der Waals surface area (Å²) in [5, 5.41) is 0. The molecule has 0 saturated carbocycles. The summed E-state index contributed by atoms with van der Waals surface area (Å²) < 4.78 is 39.4. The van der Waals surface area contributed by atoms with Crippen LogP contribution in [-0.4, -0.2) is 13.4 Å². The van der Waals surface area contributed by atoms with Crippen LogP contribution in [-0.2, 0) is 16.6 Å². The predicted octanol–water partition coefficient (Wildman–Crippen LogP) is 1.65. The lowest BCUT2D eigenvalue weighted by molar-refractivity contribution is 0.581. The van der Waals surface area contributed by atoms with Crippen LogP contribution in [0.5, 0.6) is 0 Å². The van der Waals surface area contributed by atoms with E-state index in [2.05, 4.69) is 9.71 Å². The molecule has 102 valence electrons. The maximum absolute atomic E-state index is 13.0. The molecule has 1 aromatic carbocycles. The summed E-state index contributed by atoms with van der Waals surface area (Å²) in [6.07, 6.45) is 0. The molecule has 0 bridgehead atoms. The highest BCUT2D eigenvalue weighted by atomic mass is 32.2. The number of nitrogens with one attached hydrogen (secondary N) is 1. The van der Waals surface area contributed by atoms with E-state index in [1.54, 1.807) is 12.4 Å². The molecule has 19 heavy (non-hydrogen) atoms. The first-order chi connectivity index (χ1) is 8.90. The van der Waals surface area contributed by atoms with Crippen molar-refractivity contribution in [1.29, 1.82) is 0 Å². The maximum Gasteiger partial charge on any atom is 0.240 e. The third-order valence-corrected chi connectivity index (χ3v) is 4.88. The Hall–Kier alpha value is -1.51. The zero-order valence-electron chi connectivity index (χ0n) is 10.1. The maximum atomic E-state index is 13.0. The average Bonchev–Trinajstić information content (AvgIpc) is 2.76. The molecular formula is C11H12FN3O2S2.